The number of urea groups is 1. The molecule has 0 fully saturated rings. The van der Waals surface area contributed by atoms with E-state index in [-0.39, 0.29) is 22.0 Å². The molecular weight excluding hydrogens is 429 g/mol. The van der Waals surface area contributed by atoms with Crippen LogP contribution in [0.5, 0.6) is 5.75 Å². The molecule has 0 aromatic heterocycles. The Morgan fingerprint density at radius 2 is 1.73 bits per heavy atom. The highest BCUT2D eigenvalue weighted by Crippen LogP contribution is 2.39. The van der Waals surface area contributed by atoms with E-state index in [1.165, 1.54) is 26.1 Å². The lowest BCUT2D eigenvalue weighted by atomic mass is 10.2. The Morgan fingerprint density at radius 1 is 1.13 bits per heavy atom. The lowest BCUT2D eigenvalue weighted by Crippen LogP contribution is -2.49. The summed E-state index contributed by atoms with van der Waals surface area (Å²) in [5.74, 6) is -1.21. The highest BCUT2D eigenvalue weighted by Gasteiger charge is 2.42. The smallest absolute Gasteiger partial charge is 0.416 e. The summed E-state index contributed by atoms with van der Waals surface area (Å²) in [6.45, 7) is 1.28. The third kappa shape index (κ3) is 3.65. The number of hydrogen-bond donors (Lipinski definition) is 1. The summed E-state index contributed by atoms with van der Waals surface area (Å²) in [5, 5.41) is 8.93. The number of hydrogen-bond acceptors (Lipinski definition) is 5. The predicted molar refractivity (Wildman–Crippen MR) is 99.1 cm³/mol. The Hall–Kier alpha value is -3.28. The fourth-order valence-corrected chi connectivity index (χ4v) is 4.40. The number of alkyl halides is 3. The van der Waals surface area contributed by atoms with Gasteiger partial charge in [-0.2, -0.15) is 17.5 Å². The topological polar surface area (TPSA) is 104 Å². The first-order valence-electron chi connectivity index (χ1n) is 8.38. The standard InChI is InChI=1S/C18H15F3N2O6S/c1-10(16(24)25)29-13-7-8-15-14(9-13)22(2)17(26)23(30(15,27)28)12-5-3-11(4-6-12)18(19,20)21/h3-10H,1-2H3,(H,24,25). The van der Waals surface area contributed by atoms with Crippen LogP contribution in [0.3, 0.4) is 0 Å². The van der Waals surface area contributed by atoms with E-state index in [0.29, 0.717) is 16.4 Å². The fourth-order valence-electron chi connectivity index (χ4n) is 2.78. The minimum Gasteiger partial charge on any atom is -0.479 e. The molecule has 30 heavy (non-hydrogen) atoms. The minimum absolute atomic E-state index is 0.0291. The maximum atomic E-state index is 13.0. The van der Waals surface area contributed by atoms with Gasteiger partial charge in [-0.1, -0.05) is 0 Å². The average Bonchev–Trinajstić information content (AvgIpc) is 2.65. The summed E-state index contributed by atoms with van der Waals surface area (Å²) in [6.07, 6.45) is -5.83. The predicted octanol–water partition coefficient (Wildman–Crippen LogP) is 3.32. The number of amides is 2. The number of aliphatic carboxylic acids is 1. The molecule has 0 saturated heterocycles. The number of nitrogens with zero attached hydrogens (tertiary/aromatic N) is 2. The van der Waals surface area contributed by atoms with Crippen molar-refractivity contribution in [2.75, 3.05) is 16.3 Å². The lowest BCUT2D eigenvalue weighted by Gasteiger charge is -2.34. The van der Waals surface area contributed by atoms with Gasteiger partial charge in [-0.15, -0.1) is 0 Å². The SMILES string of the molecule is CC(Oc1ccc2c(c1)N(C)C(=O)N(c1ccc(C(F)(F)F)cc1)S2(=O)=O)C(=O)O. The molecule has 1 aliphatic rings. The molecule has 3 rings (SSSR count). The second kappa shape index (κ2) is 7.20. The minimum atomic E-state index is -4.61. The van der Waals surface area contributed by atoms with Crippen LogP contribution in [0.4, 0.5) is 29.3 Å². The van der Waals surface area contributed by atoms with E-state index in [1.54, 1.807) is 0 Å². The number of fused-ring (bicyclic) bond motifs is 1. The van der Waals surface area contributed by atoms with Crippen LogP contribution in [0.2, 0.25) is 0 Å². The van der Waals surface area contributed by atoms with Crippen molar-refractivity contribution < 1.29 is 41.0 Å². The van der Waals surface area contributed by atoms with Crippen molar-refractivity contribution in [2.24, 2.45) is 0 Å². The van der Waals surface area contributed by atoms with Gasteiger partial charge < -0.3 is 9.84 Å². The van der Waals surface area contributed by atoms with E-state index < -0.39 is 39.9 Å². The van der Waals surface area contributed by atoms with Crippen molar-refractivity contribution in [1.82, 2.24) is 0 Å². The summed E-state index contributed by atoms with van der Waals surface area (Å²) in [5.41, 5.74) is -1.31. The number of rotatable bonds is 4. The zero-order valence-corrected chi connectivity index (χ0v) is 16.4. The van der Waals surface area contributed by atoms with Gasteiger partial charge >= 0.3 is 18.2 Å². The Balaban J connectivity index is 2.04. The number of carbonyl (C=O) groups excluding carboxylic acids is 1. The Morgan fingerprint density at radius 3 is 2.27 bits per heavy atom. The quantitative estimate of drug-likeness (QED) is 0.776. The van der Waals surface area contributed by atoms with Crippen molar-refractivity contribution in [3.63, 3.8) is 0 Å². The number of sulfonamides is 1. The fraction of sp³-hybridized carbons (Fsp3) is 0.222. The van der Waals surface area contributed by atoms with Crippen LogP contribution < -0.4 is 13.9 Å². The van der Waals surface area contributed by atoms with Crippen LogP contribution in [0.15, 0.2) is 47.4 Å². The Kier molecular flexibility index (Phi) is 5.14. The van der Waals surface area contributed by atoms with Gasteiger partial charge in [0.25, 0.3) is 10.0 Å². The lowest BCUT2D eigenvalue weighted by molar-refractivity contribution is -0.144. The molecule has 1 unspecified atom stereocenters. The maximum Gasteiger partial charge on any atom is 0.416 e. The van der Waals surface area contributed by atoms with E-state index in [4.69, 9.17) is 9.84 Å². The molecule has 12 heteroatoms. The molecule has 1 atom stereocenters. The van der Waals surface area contributed by atoms with Gasteiger partial charge in [0.1, 0.15) is 10.6 Å². The van der Waals surface area contributed by atoms with E-state index in [1.807, 2.05) is 0 Å². The summed E-state index contributed by atoms with van der Waals surface area (Å²) < 4.78 is 69.9. The first-order chi connectivity index (χ1) is 13.8. The molecule has 2 amide bonds. The molecule has 0 saturated carbocycles. The molecule has 0 aliphatic carbocycles. The third-order valence-electron chi connectivity index (χ3n) is 4.36. The number of carboxylic acid groups (broad SMARTS) is 1. The molecule has 2 aromatic rings. The molecule has 0 radical (unpaired) electrons. The number of halogens is 3. The Labute approximate surface area is 169 Å². The zero-order valence-electron chi connectivity index (χ0n) is 15.5. The molecule has 1 aliphatic heterocycles. The normalized spacial score (nSPS) is 16.8. The summed E-state index contributed by atoms with van der Waals surface area (Å²) in [6, 6.07) is 5.68. The van der Waals surface area contributed by atoms with Crippen LogP contribution >= 0.6 is 0 Å². The van der Waals surface area contributed by atoms with Crippen LogP contribution in [0.25, 0.3) is 0 Å². The van der Waals surface area contributed by atoms with Gasteiger partial charge in [0.15, 0.2) is 6.10 Å². The number of carboxylic acids is 1. The van der Waals surface area contributed by atoms with Crippen LogP contribution in [-0.2, 0) is 21.0 Å². The largest absolute Gasteiger partial charge is 0.479 e. The first-order valence-corrected chi connectivity index (χ1v) is 9.82. The van der Waals surface area contributed by atoms with Crippen molar-refractivity contribution >= 4 is 33.4 Å². The Bertz CT molecular complexity index is 1120. The highest BCUT2D eigenvalue weighted by molar-refractivity contribution is 7.94. The molecule has 1 heterocycles. The van der Waals surface area contributed by atoms with Crippen LogP contribution in [0.1, 0.15) is 12.5 Å². The monoisotopic (exact) mass is 444 g/mol. The van der Waals surface area contributed by atoms with Gasteiger partial charge in [-0.05, 0) is 43.3 Å². The second-order valence-corrected chi connectivity index (χ2v) is 8.14. The van der Waals surface area contributed by atoms with E-state index in [2.05, 4.69) is 0 Å². The molecule has 0 bridgehead atoms. The van der Waals surface area contributed by atoms with Gasteiger partial charge in [0.05, 0.1) is 16.9 Å². The van der Waals surface area contributed by atoms with Gasteiger partial charge in [0, 0.05) is 13.1 Å². The van der Waals surface area contributed by atoms with Gasteiger partial charge in [-0.25, -0.2) is 18.0 Å². The second-order valence-electron chi connectivity index (χ2n) is 6.38. The van der Waals surface area contributed by atoms with E-state index in [0.717, 1.165) is 23.1 Å². The highest BCUT2D eigenvalue weighted by atomic mass is 32.2. The van der Waals surface area contributed by atoms with Gasteiger partial charge in [-0.3, -0.25) is 4.90 Å². The molecular formula is C18H15F3N2O6S. The number of benzene rings is 2. The third-order valence-corrected chi connectivity index (χ3v) is 6.11. The number of carbonyl (C=O) groups is 2. The molecule has 2 aromatic carbocycles. The van der Waals surface area contributed by atoms with E-state index >= 15 is 0 Å². The molecule has 0 spiro atoms. The molecule has 160 valence electrons. The summed E-state index contributed by atoms with van der Waals surface area (Å²) in [7, 11) is -3.16. The van der Waals surface area contributed by atoms with Crippen LogP contribution in [-0.4, -0.2) is 38.7 Å². The summed E-state index contributed by atoms with van der Waals surface area (Å²) in [4.78, 5) is 24.4. The maximum absolute atomic E-state index is 13.0. The molecule has 8 nitrogen and oxygen atoms in total. The number of ether oxygens (including phenoxy) is 1. The number of anilines is 2. The first kappa shape index (κ1) is 21.4. The average molecular weight is 444 g/mol. The van der Waals surface area contributed by atoms with E-state index in [9.17, 15) is 31.2 Å². The van der Waals surface area contributed by atoms with Crippen molar-refractivity contribution in [2.45, 2.75) is 24.1 Å². The molecule has 1 N–H and O–H groups in total. The zero-order chi connectivity index (χ0) is 22.4. The summed E-state index contributed by atoms with van der Waals surface area (Å²) >= 11 is 0. The van der Waals surface area contributed by atoms with Crippen molar-refractivity contribution in [3.8, 4) is 5.75 Å². The van der Waals surface area contributed by atoms with Crippen LogP contribution in [0, 0.1) is 0 Å². The van der Waals surface area contributed by atoms with Crippen molar-refractivity contribution in [3.05, 3.63) is 48.0 Å². The van der Waals surface area contributed by atoms with Gasteiger partial charge in [0.2, 0.25) is 0 Å². The van der Waals surface area contributed by atoms with Crippen molar-refractivity contribution in [1.29, 1.82) is 0 Å².